The summed E-state index contributed by atoms with van der Waals surface area (Å²) in [7, 11) is 3.66. The van der Waals surface area contributed by atoms with Gasteiger partial charge in [-0.2, -0.15) is 0 Å². The first kappa shape index (κ1) is 11.0. The molecule has 0 radical (unpaired) electrons. The standard InChI is InChI=1S/C11H22O2/c1-12-10-6-3-4-7-11(13-2)9-5-8-10/h10-11H,3-9H2,1-2H3. The summed E-state index contributed by atoms with van der Waals surface area (Å²) >= 11 is 0. The van der Waals surface area contributed by atoms with Crippen molar-refractivity contribution in [2.24, 2.45) is 0 Å². The van der Waals surface area contributed by atoms with E-state index in [9.17, 15) is 0 Å². The molecule has 0 N–H and O–H groups in total. The molecule has 1 fully saturated rings. The Labute approximate surface area is 81.6 Å². The fourth-order valence-electron chi connectivity index (χ4n) is 2.08. The van der Waals surface area contributed by atoms with Crippen molar-refractivity contribution in [1.29, 1.82) is 0 Å². The van der Waals surface area contributed by atoms with Gasteiger partial charge < -0.3 is 9.47 Å². The van der Waals surface area contributed by atoms with Crippen LogP contribution in [0.1, 0.15) is 44.9 Å². The van der Waals surface area contributed by atoms with Crippen molar-refractivity contribution in [2.75, 3.05) is 14.2 Å². The summed E-state index contributed by atoms with van der Waals surface area (Å²) < 4.78 is 10.8. The molecule has 2 nitrogen and oxygen atoms in total. The van der Waals surface area contributed by atoms with Crippen molar-refractivity contribution in [3.63, 3.8) is 0 Å². The molecule has 0 saturated heterocycles. The molecule has 13 heavy (non-hydrogen) atoms. The molecule has 1 saturated carbocycles. The van der Waals surface area contributed by atoms with E-state index in [2.05, 4.69) is 0 Å². The molecule has 1 aliphatic rings. The molecule has 0 aromatic carbocycles. The fourth-order valence-corrected chi connectivity index (χ4v) is 2.08. The first-order valence-electron chi connectivity index (χ1n) is 5.42. The van der Waals surface area contributed by atoms with E-state index in [1.807, 2.05) is 14.2 Å². The second-order valence-electron chi connectivity index (χ2n) is 3.93. The summed E-state index contributed by atoms with van der Waals surface area (Å²) in [6.07, 6.45) is 9.69. The van der Waals surface area contributed by atoms with Crippen LogP contribution in [0, 0.1) is 0 Å². The largest absolute Gasteiger partial charge is 0.381 e. The number of rotatable bonds is 2. The molecule has 2 unspecified atom stereocenters. The third kappa shape index (κ3) is 4.10. The van der Waals surface area contributed by atoms with Crippen molar-refractivity contribution in [1.82, 2.24) is 0 Å². The van der Waals surface area contributed by atoms with E-state index in [1.165, 1.54) is 44.9 Å². The Morgan fingerprint density at radius 2 is 1.08 bits per heavy atom. The van der Waals surface area contributed by atoms with E-state index in [-0.39, 0.29) is 0 Å². The van der Waals surface area contributed by atoms with Crippen LogP contribution in [-0.2, 0) is 9.47 Å². The first-order valence-corrected chi connectivity index (χ1v) is 5.42. The summed E-state index contributed by atoms with van der Waals surface area (Å²) in [5.41, 5.74) is 0. The van der Waals surface area contributed by atoms with Crippen molar-refractivity contribution in [3.8, 4) is 0 Å². The van der Waals surface area contributed by atoms with Gasteiger partial charge in [-0.1, -0.05) is 12.8 Å². The van der Waals surface area contributed by atoms with Gasteiger partial charge >= 0.3 is 0 Å². The highest BCUT2D eigenvalue weighted by molar-refractivity contribution is 4.66. The van der Waals surface area contributed by atoms with Crippen molar-refractivity contribution in [3.05, 3.63) is 0 Å². The number of hydrogen-bond acceptors (Lipinski definition) is 2. The maximum absolute atomic E-state index is 5.41. The topological polar surface area (TPSA) is 18.5 Å². The molecule has 1 rings (SSSR count). The van der Waals surface area contributed by atoms with Gasteiger partial charge in [0.05, 0.1) is 12.2 Å². The maximum atomic E-state index is 5.41. The Hall–Kier alpha value is -0.0800. The van der Waals surface area contributed by atoms with Crippen LogP contribution in [0.3, 0.4) is 0 Å². The van der Waals surface area contributed by atoms with Crippen molar-refractivity contribution in [2.45, 2.75) is 57.2 Å². The average Bonchev–Trinajstić information content (AvgIpc) is 2.28. The average molecular weight is 186 g/mol. The minimum atomic E-state index is 0.496. The van der Waals surface area contributed by atoms with Gasteiger partial charge in [-0.15, -0.1) is 0 Å². The van der Waals surface area contributed by atoms with Crippen LogP contribution < -0.4 is 0 Å². The molecule has 2 heteroatoms. The normalized spacial score (nSPS) is 31.8. The Kier molecular flexibility index (Phi) is 5.40. The molecule has 1 aliphatic carbocycles. The summed E-state index contributed by atoms with van der Waals surface area (Å²) in [5, 5.41) is 0. The van der Waals surface area contributed by atoms with Gasteiger partial charge in [0.15, 0.2) is 0 Å². The van der Waals surface area contributed by atoms with Crippen molar-refractivity contribution >= 4 is 0 Å². The lowest BCUT2D eigenvalue weighted by atomic mass is 10.1. The molecular weight excluding hydrogens is 164 g/mol. The van der Waals surface area contributed by atoms with E-state index < -0.39 is 0 Å². The number of methoxy groups -OCH3 is 2. The first-order chi connectivity index (χ1) is 6.36. The number of ether oxygens (including phenoxy) is 2. The molecule has 0 aliphatic heterocycles. The van der Waals surface area contributed by atoms with Gasteiger partial charge in [-0.25, -0.2) is 0 Å². The lowest BCUT2D eigenvalue weighted by Crippen LogP contribution is -2.11. The SMILES string of the molecule is COC1CCCCC(OC)CCC1. The van der Waals surface area contributed by atoms with Gasteiger partial charge in [0, 0.05) is 14.2 Å². The Bertz CT molecular complexity index is 111. The summed E-state index contributed by atoms with van der Waals surface area (Å²) in [4.78, 5) is 0. The zero-order chi connectivity index (χ0) is 9.52. The van der Waals surface area contributed by atoms with E-state index in [0.717, 1.165) is 0 Å². The number of hydrogen-bond donors (Lipinski definition) is 0. The zero-order valence-electron chi connectivity index (χ0n) is 8.92. The van der Waals surface area contributed by atoms with Crippen LogP contribution in [0.5, 0.6) is 0 Å². The molecular formula is C11H22O2. The summed E-state index contributed by atoms with van der Waals surface area (Å²) in [6.45, 7) is 0. The van der Waals surface area contributed by atoms with Crippen LogP contribution in [0.2, 0.25) is 0 Å². The van der Waals surface area contributed by atoms with Crippen LogP contribution >= 0.6 is 0 Å². The minimum absolute atomic E-state index is 0.496. The lowest BCUT2D eigenvalue weighted by Gasteiger charge is -2.14. The highest BCUT2D eigenvalue weighted by Crippen LogP contribution is 2.20. The Balaban J connectivity index is 2.29. The van der Waals surface area contributed by atoms with E-state index >= 15 is 0 Å². The molecule has 78 valence electrons. The maximum Gasteiger partial charge on any atom is 0.0571 e. The van der Waals surface area contributed by atoms with Gasteiger partial charge in [-0.05, 0) is 32.1 Å². The van der Waals surface area contributed by atoms with Gasteiger partial charge in [0.2, 0.25) is 0 Å². The highest BCUT2D eigenvalue weighted by Gasteiger charge is 2.14. The van der Waals surface area contributed by atoms with E-state index in [0.29, 0.717) is 12.2 Å². The predicted molar refractivity (Wildman–Crippen MR) is 53.9 cm³/mol. The minimum Gasteiger partial charge on any atom is -0.381 e. The molecule has 0 heterocycles. The molecule has 0 amide bonds. The smallest absolute Gasteiger partial charge is 0.0571 e. The summed E-state index contributed by atoms with van der Waals surface area (Å²) in [6, 6.07) is 0. The second kappa shape index (κ2) is 6.39. The van der Waals surface area contributed by atoms with Crippen LogP contribution in [0.25, 0.3) is 0 Å². The third-order valence-electron chi connectivity index (χ3n) is 3.02. The second-order valence-corrected chi connectivity index (χ2v) is 3.93. The van der Waals surface area contributed by atoms with Gasteiger partial charge in [-0.3, -0.25) is 0 Å². The van der Waals surface area contributed by atoms with Crippen molar-refractivity contribution < 1.29 is 9.47 Å². The lowest BCUT2D eigenvalue weighted by molar-refractivity contribution is 0.0746. The van der Waals surface area contributed by atoms with Crippen LogP contribution in [0.4, 0.5) is 0 Å². The third-order valence-corrected chi connectivity index (χ3v) is 3.02. The predicted octanol–water partition coefficient (Wildman–Crippen LogP) is 2.76. The summed E-state index contributed by atoms with van der Waals surface area (Å²) in [5.74, 6) is 0. The monoisotopic (exact) mass is 186 g/mol. The zero-order valence-corrected chi connectivity index (χ0v) is 8.92. The van der Waals surface area contributed by atoms with Crippen LogP contribution in [0.15, 0.2) is 0 Å². The molecule has 0 bridgehead atoms. The molecule has 0 aromatic heterocycles. The van der Waals surface area contributed by atoms with E-state index in [1.54, 1.807) is 0 Å². The Morgan fingerprint density at radius 3 is 1.46 bits per heavy atom. The quantitative estimate of drug-likeness (QED) is 0.660. The Morgan fingerprint density at radius 1 is 0.692 bits per heavy atom. The highest BCUT2D eigenvalue weighted by atomic mass is 16.5. The van der Waals surface area contributed by atoms with Gasteiger partial charge in [0.25, 0.3) is 0 Å². The van der Waals surface area contributed by atoms with Gasteiger partial charge in [0.1, 0.15) is 0 Å². The molecule has 0 spiro atoms. The molecule has 2 atom stereocenters. The van der Waals surface area contributed by atoms with E-state index in [4.69, 9.17) is 9.47 Å². The fraction of sp³-hybridized carbons (Fsp3) is 1.00. The van der Waals surface area contributed by atoms with Crippen LogP contribution in [-0.4, -0.2) is 26.4 Å². The molecule has 0 aromatic rings.